The van der Waals surface area contributed by atoms with Gasteiger partial charge in [0.15, 0.2) is 11.5 Å². The second-order valence-corrected chi connectivity index (χ2v) is 7.21. The lowest BCUT2D eigenvalue weighted by Crippen LogP contribution is -2.43. The second-order valence-electron chi connectivity index (χ2n) is 7.21. The molecule has 29 heavy (non-hydrogen) atoms. The molecule has 2 heterocycles. The minimum atomic E-state index is -1.42. The minimum Gasteiger partial charge on any atom is -0.479 e. The Balaban J connectivity index is 1.62. The van der Waals surface area contributed by atoms with Crippen LogP contribution in [0.15, 0.2) is 65.5 Å². The quantitative estimate of drug-likeness (QED) is 0.719. The number of para-hydroxylation sites is 2. The molecule has 1 saturated carbocycles. The molecule has 5 rings (SSSR count). The molecule has 7 heteroatoms. The first-order chi connectivity index (χ1) is 14.1. The van der Waals surface area contributed by atoms with Gasteiger partial charge in [-0.05, 0) is 36.6 Å². The number of nitrogens with zero attached hydrogens (tertiary/aromatic N) is 2. The first-order valence-corrected chi connectivity index (χ1v) is 9.46. The first kappa shape index (κ1) is 17.5. The van der Waals surface area contributed by atoms with Crippen LogP contribution in [0.1, 0.15) is 30.5 Å². The zero-order valence-electron chi connectivity index (χ0n) is 15.4. The maximum Gasteiger partial charge on any atom is 0.336 e. The van der Waals surface area contributed by atoms with Crippen molar-refractivity contribution in [3.05, 3.63) is 76.7 Å². The van der Waals surface area contributed by atoms with Crippen molar-refractivity contribution in [1.29, 1.82) is 0 Å². The van der Waals surface area contributed by atoms with Crippen molar-refractivity contribution in [2.75, 3.05) is 0 Å². The number of carboxylic acid groups (broad SMARTS) is 1. The lowest BCUT2D eigenvalue weighted by Gasteiger charge is -2.21. The number of carboxylic acids is 1. The Kier molecular flexibility index (Phi) is 4.08. The number of ether oxygens (including phenoxy) is 2. The molecule has 1 unspecified atom stereocenters. The zero-order chi connectivity index (χ0) is 20.0. The lowest BCUT2D eigenvalue weighted by molar-refractivity contribution is -0.149. The van der Waals surface area contributed by atoms with E-state index in [2.05, 4.69) is 5.10 Å². The molecule has 1 fully saturated rings. The smallest absolute Gasteiger partial charge is 0.336 e. The Labute approximate surface area is 166 Å². The Morgan fingerprint density at radius 1 is 1.03 bits per heavy atom. The molecule has 1 aromatic heterocycles. The largest absolute Gasteiger partial charge is 0.479 e. The van der Waals surface area contributed by atoms with Crippen LogP contribution >= 0.6 is 0 Å². The highest BCUT2D eigenvalue weighted by molar-refractivity contribution is 5.73. The predicted octanol–water partition coefficient (Wildman–Crippen LogP) is 3.21. The zero-order valence-corrected chi connectivity index (χ0v) is 15.4. The van der Waals surface area contributed by atoms with Crippen LogP contribution in [0.4, 0.5) is 0 Å². The Bertz CT molecular complexity index is 1110. The molecule has 146 valence electrons. The fraction of sp³-hybridized carbons (Fsp3) is 0.227. The van der Waals surface area contributed by atoms with Gasteiger partial charge in [-0.2, -0.15) is 5.10 Å². The number of hydrogen-bond acceptors (Lipinski definition) is 5. The van der Waals surface area contributed by atoms with E-state index in [9.17, 15) is 14.7 Å². The third kappa shape index (κ3) is 3.14. The molecular formula is C22H18N2O5. The topological polar surface area (TPSA) is 90.7 Å². The summed E-state index contributed by atoms with van der Waals surface area (Å²) in [6, 6.07) is 16.5. The summed E-state index contributed by atoms with van der Waals surface area (Å²) in [5.41, 5.74) is 1.36. The molecule has 1 aliphatic heterocycles. The summed E-state index contributed by atoms with van der Waals surface area (Å²) in [5, 5.41) is 14.4. The molecule has 1 N–H and O–H groups in total. The maximum absolute atomic E-state index is 13.3. The SMILES string of the molecule is O=C(O)C(C1Oc2ccccc2O1)n1nc(C2CC2)cc(-c2ccccc2)c1=O. The standard InChI is InChI=1S/C22H18N2O5/c25-20-15(13-6-2-1-3-7-13)12-16(14-10-11-14)23-24(20)19(21(26)27)22-28-17-8-4-5-9-18(17)29-22/h1-9,12,14,19,22H,10-11H2,(H,26,27). The first-order valence-electron chi connectivity index (χ1n) is 9.46. The molecule has 1 atom stereocenters. The van der Waals surface area contributed by atoms with Crippen molar-refractivity contribution >= 4 is 5.97 Å². The molecule has 2 aliphatic rings. The van der Waals surface area contributed by atoms with E-state index in [1.807, 2.05) is 30.3 Å². The van der Waals surface area contributed by atoms with Crippen LogP contribution in [0, 0.1) is 0 Å². The van der Waals surface area contributed by atoms with E-state index < -0.39 is 23.9 Å². The number of aromatic nitrogens is 2. The van der Waals surface area contributed by atoms with Gasteiger partial charge >= 0.3 is 5.97 Å². The third-order valence-electron chi connectivity index (χ3n) is 5.14. The van der Waals surface area contributed by atoms with Gasteiger partial charge in [0.2, 0.25) is 6.04 Å². The minimum absolute atomic E-state index is 0.237. The maximum atomic E-state index is 13.3. The van der Waals surface area contributed by atoms with Crippen LogP contribution in [-0.4, -0.2) is 27.1 Å². The number of fused-ring (bicyclic) bond motifs is 1. The van der Waals surface area contributed by atoms with Crippen molar-refractivity contribution in [1.82, 2.24) is 9.78 Å². The van der Waals surface area contributed by atoms with E-state index in [1.165, 1.54) is 0 Å². The molecular weight excluding hydrogens is 372 g/mol. The predicted molar refractivity (Wildman–Crippen MR) is 104 cm³/mol. The van der Waals surface area contributed by atoms with Gasteiger partial charge in [-0.25, -0.2) is 9.48 Å². The van der Waals surface area contributed by atoms with E-state index in [0.717, 1.165) is 23.1 Å². The van der Waals surface area contributed by atoms with E-state index in [4.69, 9.17) is 9.47 Å². The molecule has 0 amide bonds. The molecule has 1 aliphatic carbocycles. The van der Waals surface area contributed by atoms with Crippen molar-refractivity contribution in [2.24, 2.45) is 0 Å². The lowest BCUT2D eigenvalue weighted by atomic mass is 10.1. The van der Waals surface area contributed by atoms with Crippen LogP contribution in [0.5, 0.6) is 11.5 Å². The third-order valence-corrected chi connectivity index (χ3v) is 5.14. The van der Waals surface area contributed by atoms with Crippen molar-refractivity contribution in [2.45, 2.75) is 31.1 Å². The molecule has 7 nitrogen and oxygen atoms in total. The van der Waals surface area contributed by atoms with Crippen LogP contribution in [-0.2, 0) is 4.79 Å². The molecule has 0 spiro atoms. The fourth-order valence-electron chi connectivity index (χ4n) is 3.51. The van der Waals surface area contributed by atoms with Gasteiger partial charge in [0, 0.05) is 5.92 Å². The average Bonchev–Trinajstić information content (AvgIpc) is 3.49. The highest BCUT2D eigenvalue weighted by Gasteiger charge is 2.41. The summed E-state index contributed by atoms with van der Waals surface area (Å²) in [7, 11) is 0. The summed E-state index contributed by atoms with van der Waals surface area (Å²) in [6.07, 6.45) is 0.756. The fourth-order valence-corrected chi connectivity index (χ4v) is 3.51. The molecule has 0 bridgehead atoms. The van der Waals surface area contributed by atoms with Crippen LogP contribution < -0.4 is 15.0 Å². The van der Waals surface area contributed by atoms with E-state index >= 15 is 0 Å². The summed E-state index contributed by atoms with van der Waals surface area (Å²) in [5.74, 6) is -0.123. The van der Waals surface area contributed by atoms with Gasteiger partial charge in [-0.3, -0.25) is 4.79 Å². The highest BCUT2D eigenvalue weighted by atomic mass is 16.7. The molecule has 2 aromatic carbocycles. The Hall–Kier alpha value is -3.61. The van der Waals surface area contributed by atoms with Crippen LogP contribution in [0.25, 0.3) is 11.1 Å². The molecule has 3 aromatic rings. The van der Waals surface area contributed by atoms with Gasteiger partial charge in [0.1, 0.15) is 0 Å². The summed E-state index contributed by atoms with van der Waals surface area (Å²) >= 11 is 0. The number of benzene rings is 2. The summed E-state index contributed by atoms with van der Waals surface area (Å²) < 4.78 is 12.4. The number of carbonyl (C=O) groups is 1. The average molecular weight is 390 g/mol. The van der Waals surface area contributed by atoms with Gasteiger partial charge in [0.25, 0.3) is 11.8 Å². The number of aliphatic carboxylic acids is 1. The van der Waals surface area contributed by atoms with Crippen molar-refractivity contribution in [3.63, 3.8) is 0 Å². The Morgan fingerprint density at radius 3 is 2.24 bits per heavy atom. The molecule has 0 radical (unpaired) electrons. The van der Waals surface area contributed by atoms with Gasteiger partial charge in [-0.1, -0.05) is 42.5 Å². The normalized spacial score (nSPS) is 16.6. The van der Waals surface area contributed by atoms with Gasteiger partial charge in [0.05, 0.1) is 11.3 Å². The number of hydrogen-bond donors (Lipinski definition) is 1. The van der Waals surface area contributed by atoms with E-state index in [0.29, 0.717) is 22.8 Å². The van der Waals surface area contributed by atoms with Crippen LogP contribution in [0.3, 0.4) is 0 Å². The van der Waals surface area contributed by atoms with E-state index in [1.54, 1.807) is 30.3 Å². The van der Waals surface area contributed by atoms with Gasteiger partial charge < -0.3 is 14.6 Å². The van der Waals surface area contributed by atoms with Crippen molar-refractivity contribution in [3.8, 4) is 22.6 Å². The number of rotatable bonds is 5. The monoisotopic (exact) mass is 390 g/mol. The highest BCUT2D eigenvalue weighted by Crippen LogP contribution is 2.40. The Morgan fingerprint density at radius 2 is 1.66 bits per heavy atom. The molecule has 0 saturated heterocycles. The van der Waals surface area contributed by atoms with Gasteiger partial charge in [-0.15, -0.1) is 0 Å². The summed E-state index contributed by atoms with van der Waals surface area (Å²) in [6.45, 7) is 0. The van der Waals surface area contributed by atoms with Crippen LogP contribution in [0.2, 0.25) is 0 Å². The summed E-state index contributed by atoms with van der Waals surface area (Å²) in [4.78, 5) is 25.4. The van der Waals surface area contributed by atoms with Crippen molar-refractivity contribution < 1.29 is 19.4 Å². The second kappa shape index (κ2) is 6.77. The van der Waals surface area contributed by atoms with E-state index in [-0.39, 0.29) is 5.92 Å².